The van der Waals surface area contributed by atoms with E-state index in [0.29, 0.717) is 22.2 Å². The average molecular weight is 343 g/mol. The Labute approximate surface area is 138 Å². The topological polar surface area (TPSA) is 111 Å². The quantitative estimate of drug-likeness (QED) is 0.579. The molecule has 8 nitrogen and oxygen atoms in total. The molecule has 0 atom stereocenters. The third-order valence-electron chi connectivity index (χ3n) is 3.50. The zero-order valence-corrected chi connectivity index (χ0v) is 12.7. The lowest BCUT2D eigenvalue weighted by molar-refractivity contribution is 0.0693. The predicted octanol–water partition coefficient (Wildman–Crippen LogP) is 3.56. The van der Waals surface area contributed by atoms with E-state index in [1.54, 1.807) is 0 Å². The minimum absolute atomic E-state index is 0.0350. The minimum Gasteiger partial charge on any atom is -0.496 e. The van der Waals surface area contributed by atoms with E-state index in [4.69, 9.17) is 13.6 Å². The second-order valence-electron chi connectivity index (χ2n) is 5.10. The number of rotatable bonds is 4. The van der Waals surface area contributed by atoms with Crippen LogP contribution in [0.4, 0.5) is 16.4 Å². The number of hydrogen-bond acceptors (Lipinski definition) is 7. The first-order valence-electron chi connectivity index (χ1n) is 7.08. The Balaban J connectivity index is 1.72. The number of ether oxygens (including phenoxy) is 1. The van der Waals surface area contributed by atoms with Crippen molar-refractivity contribution in [2.45, 2.75) is 0 Å². The van der Waals surface area contributed by atoms with Crippen molar-refractivity contribution in [3.8, 4) is 5.75 Å². The lowest BCUT2D eigenvalue weighted by atomic mass is 10.2. The van der Waals surface area contributed by atoms with E-state index in [1.165, 1.54) is 37.4 Å². The largest absolute Gasteiger partial charge is 0.496 e. The Hall–Kier alpha value is -3.62. The number of aromatic nitrogens is 2. The van der Waals surface area contributed by atoms with E-state index in [-0.39, 0.29) is 23.3 Å². The number of halogens is 1. The molecule has 2 aromatic heterocycles. The Morgan fingerprint density at radius 1 is 1.12 bits per heavy atom. The van der Waals surface area contributed by atoms with Crippen LogP contribution in [0.5, 0.6) is 5.75 Å². The molecule has 0 aliphatic carbocycles. The second-order valence-corrected chi connectivity index (χ2v) is 5.10. The van der Waals surface area contributed by atoms with Crippen LogP contribution in [-0.4, -0.2) is 28.2 Å². The number of carboxylic acid groups (broad SMARTS) is 1. The minimum atomic E-state index is -1.14. The number of aromatic carboxylic acids is 1. The fourth-order valence-electron chi connectivity index (χ4n) is 2.39. The molecule has 4 aromatic rings. The highest BCUT2D eigenvalue weighted by molar-refractivity contribution is 5.95. The zero-order chi connectivity index (χ0) is 17.6. The highest BCUT2D eigenvalue weighted by Crippen LogP contribution is 2.29. The van der Waals surface area contributed by atoms with Gasteiger partial charge in [0.1, 0.15) is 28.2 Å². The van der Waals surface area contributed by atoms with Gasteiger partial charge in [-0.1, -0.05) is 0 Å². The number of anilines is 2. The molecule has 126 valence electrons. The Kier molecular flexibility index (Phi) is 3.27. The van der Waals surface area contributed by atoms with Gasteiger partial charge in [-0.15, -0.1) is 0 Å². The second kappa shape index (κ2) is 5.48. The molecular weight excluding hydrogens is 333 g/mol. The summed E-state index contributed by atoms with van der Waals surface area (Å²) in [7, 11) is 1.36. The Morgan fingerprint density at radius 3 is 2.48 bits per heavy atom. The molecule has 25 heavy (non-hydrogen) atoms. The van der Waals surface area contributed by atoms with Crippen LogP contribution in [0.1, 0.15) is 10.4 Å². The monoisotopic (exact) mass is 343 g/mol. The smallest absolute Gasteiger partial charge is 0.339 e. The van der Waals surface area contributed by atoms with Crippen LogP contribution in [0.15, 0.2) is 39.2 Å². The molecule has 0 fully saturated rings. The summed E-state index contributed by atoms with van der Waals surface area (Å²) in [4.78, 5) is 19.5. The van der Waals surface area contributed by atoms with Gasteiger partial charge in [-0.25, -0.2) is 9.18 Å². The number of methoxy groups -OCH3 is 1. The van der Waals surface area contributed by atoms with Gasteiger partial charge in [-0.2, -0.15) is 9.97 Å². The molecule has 2 heterocycles. The summed E-state index contributed by atoms with van der Waals surface area (Å²) in [5.74, 6) is -1.42. The van der Waals surface area contributed by atoms with Crippen molar-refractivity contribution in [3.63, 3.8) is 0 Å². The third-order valence-corrected chi connectivity index (χ3v) is 3.50. The fraction of sp³-hybridized carbons (Fsp3) is 0.0625. The molecule has 0 aliphatic heterocycles. The van der Waals surface area contributed by atoms with Crippen molar-refractivity contribution in [2.24, 2.45) is 0 Å². The lowest BCUT2D eigenvalue weighted by Gasteiger charge is -2.02. The highest BCUT2D eigenvalue weighted by Gasteiger charge is 2.17. The van der Waals surface area contributed by atoms with Crippen LogP contribution in [0.3, 0.4) is 0 Å². The van der Waals surface area contributed by atoms with Gasteiger partial charge < -0.3 is 18.7 Å². The molecule has 0 aliphatic rings. The number of carbonyl (C=O) groups is 1. The molecular formula is C16H10FN3O5. The SMILES string of the molecule is COc1cc2oc(Nc3nc4cc(F)ccc4o3)nc2cc1C(=O)O. The molecule has 0 radical (unpaired) electrons. The number of benzene rings is 2. The molecule has 2 aromatic carbocycles. The first-order chi connectivity index (χ1) is 12.0. The van der Waals surface area contributed by atoms with Crippen molar-refractivity contribution in [1.82, 2.24) is 9.97 Å². The number of hydrogen-bond donors (Lipinski definition) is 2. The van der Waals surface area contributed by atoms with E-state index >= 15 is 0 Å². The molecule has 0 bridgehead atoms. The van der Waals surface area contributed by atoms with Gasteiger partial charge in [-0.3, -0.25) is 5.32 Å². The van der Waals surface area contributed by atoms with Crippen LogP contribution in [0, 0.1) is 5.82 Å². The van der Waals surface area contributed by atoms with Gasteiger partial charge in [-0.05, 0) is 18.2 Å². The molecule has 0 unspecified atom stereocenters. The number of nitrogens with one attached hydrogen (secondary N) is 1. The summed E-state index contributed by atoms with van der Waals surface area (Å²) in [6, 6.07) is 6.84. The average Bonchev–Trinajstić information content (AvgIpc) is 3.15. The molecule has 9 heteroatoms. The molecule has 0 saturated carbocycles. The molecule has 2 N–H and O–H groups in total. The maximum absolute atomic E-state index is 13.2. The molecule has 4 rings (SSSR count). The number of nitrogens with zero attached hydrogens (tertiary/aromatic N) is 2. The number of oxazole rings is 2. The third kappa shape index (κ3) is 2.61. The Morgan fingerprint density at radius 2 is 1.80 bits per heavy atom. The van der Waals surface area contributed by atoms with E-state index in [2.05, 4.69) is 15.3 Å². The summed E-state index contributed by atoms with van der Waals surface area (Å²) in [5, 5.41) is 11.9. The lowest BCUT2D eigenvalue weighted by Crippen LogP contribution is -2.00. The maximum Gasteiger partial charge on any atom is 0.339 e. The first-order valence-corrected chi connectivity index (χ1v) is 7.08. The van der Waals surface area contributed by atoms with Gasteiger partial charge in [0.05, 0.1) is 7.11 Å². The number of fused-ring (bicyclic) bond motifs is 2. The highest BCUT2D eigenvalue weighted by atomic mass is 19.1. The van der Waals surface area contributed by atoms with Gasteiger partial charge >= 0.3 is 18.0 Å². The molecule has 0 saturated heterocycles. The van der Waals surface area contributed by atoms with Gasteiger partial charge in [0, 0.05) is 12.1 Å². The van der Waals surface area contributed by atoms with E-state index < -0.39 is 11.8 Å². The standard InChI is InChI=1S/C16H10FN3O5/c1-23-12-6-13-10(5-8(12)14(21)22)19-16(25-13)20-15-18-9-4-7(17)2-3-11(9)24-15/h2-6H,1H3,(H,21,22)(H,18,19,20). The summed E-state index contributed by atoms with van der Waals surface area (Å²) in [6.07, 6.45) is 0. The summed E-state index contributed by atoms with van der Waals surface area (Å²) >= 11 is 0. The van der Waals surface area contributed by atoms with Crippen molar-refractivity contribution in [3.05, 3.63) is 41.7 Å². The fourth-order valence-corrected chi connectivity index (χ4v) is 2.39. The summed E-state index contributed by atoms with van der Waals surface area (Å²) in [6.45, 7) is 0. The van der Waals surface area contributed by atoms with Crippen LogP contribution in [0.2, 0.25) is 0 Å². The van der Waals surface area contributed by atoms with E-state index in [9.17, 15) is 14.3 Å². The maximum atomic E-state index is 13.2. The van der Waals surface area contributed by atoms with Gasteiger partial charge in [0.2, 0.25) is 0 Å². The summed E-state index contributed by atoms with van der Waals surface area (Å²) in [5.41, 5.74) is 1.35. The van der Waals surface area contributed by atoms with Crippen LogP contribution in [-0.2, 0) is 0 Å². The van der Waals surface area contributed by atoms with Crippen LogP contribution in [0.25, 0.3) is 22.2 Å². The first kappa shape index (κ1) is 14.9. The van der Waals surface area contributed by atoms with Crippen molar-refractivity contribution >= 4 is 40.2 Å². The zero-order valence-electron chi connectivity index (χ0n) is 12.7. The van der Waals surface area contributed by atoms with Gasteiger partial charge in [0.15, 0.2) is 11.2 Å². The van der Waals surface area contributed by atoms with E-state index in [1.807, 2.05) is 0 Å². The van der Waals surface area contributed by atoms with Crippen LogP contribution < -0.4 is 10.1 Å². The van der Waals surface area contributed by atoms with E-state index in [0.717, 1.165) is 0 Å². The van der Waals surface area contributed by atoms with Crippen molar-refractivity contribution in [2.75, 3.05) is 12.4 Å². The van der Waals surface area contributed by atoms with Gasteiger partial charge in [0.25, 0.3) is 0 Å². The van der Waals surface area contributed by atoms with Crippen molar-refractivity contribution in [1.29, 1.82) is 0 Å². The predicted molar refractivity (Wildman–Crippen MR) is 84.8 cm³/mol. The van der Waals surface area contributed by atoms with Crippen LogP contribution >= 0.6 is 0 Å². The molecule has 0 amide bonds. The summed E-state index contributed by atoms with van der Waals surface area (Å²) < 4.78 is 29.2. The normalized spacial score (nSPS) is 11.1. The molecule has 0 spiro atoms. The number of carboxylic acids is 1. The van der Waals surface area contributed by atoms with Crippen molar-refractivity contribution < 1.29 is 27.9 Å². The Bertz CT molecular complexity index is 1120.